The third kappa shape index (κ3) is 1.59. The van der Waals surface area contributed by atoms with E-state index in [1.807, 2.05) is 18.2 Å². The average molecular weight is 234 g/mol. The molecule has 3 unspecified atom stereocenters. The first-order valence-corrected chi connectivity index (χ1v) is 6.08. The molecule has 2 saturated heterocycles. The molecule has 0 radical (unpaired) electrons. The molecule has 0 aromatic heterocycles. The van der Waals surface area contributed by atoms with Gasteiger partial charge in [0.1, 0.15) is 5.75 Å². The number of ether oxygens (including phenoxy) is 2. The summed E-state index contributed by atoms with van der Waals surface area (Å²) in [4.78, 5) is 2.38. The molecule has 0 saturated carbocycles. The molecular weight excluding hydrogens is 216 g/mol. The summed E-state index contributed by atoms with van der Waals surface area (Å²) in [5.74, 6) is 0.915. The second-order valence-corrected chi connectivity index (χ2v) is 4.64. The third-order valence-corrected chi connectivity index (χ3v) is 3.79. The maximum Gasteiger partial charge on any atom is 0.142 e. The van der Waals surface area contributed by atoms with Gasteiger partial charge in [0.25, 0.3) is 0 Å². The minimum absolute atomic E-state index is 0.282. The first-order valence-electron chi connectivity index (χ1n) is 6.08. The number of hydrogen-bond donors (Lipinski definition) is 1. The number of rotatable bonds is 3. The number of hydrogen-bond acceptors (Lipinski definition) is 4. The summed E-state index contributed by atoms with van der Waals surface area (Å²) in [6.45, 7) is 1.43. The zero-order valence-corrected chi connectivity index (χ0v) is 10.0. The van der Waals surface area contributed by atoms with Gasteiger partial charge in [0, 0.05) is 6.54 Å². The van der Waals surface area contributed by atoms with E-state index >= 15 is 0 Å². The molecular formula is C13H18N2O2. The van der Waals surface area contributed by atoms with Gasteiger partial charge < -0.3 is 20.1 Å². The monoisotopic (exact) mass is 234 g/mol. The van der Waals surface area contributed by atoms with Crippen molar-refractivity contribution in [3.8, 4) is 5.75 Å². The Bertz CT molecular complexity index is 410. The van der Waals surface area contributed by atoms with Crippen molar-refractivity contribution in [1.82, 2.24) is 0 Å². The summed E-state index contributed by atoms with van der Waals surface area (Å²) >= 11 is 0. The maximum absolute atomic E-state index is 5.88. The van der Waals surface area contributed by atoms with Crippen molar-refractivity contribution in [1.29, 1.82) is 0 Å². The van der Waals surface area contributed by atoms with E-state index in [0.717, 1.165) is 24.5 Å². The van der Waals surface area contributed by atoms with Crippen LogP contribution in [0.1, 0.15) is 6.42 Å². The van der Waals surface area contributed by atoms with Gasteiger partial charge in [-0.25, -0.2) is 0 Å². The lowest BCUT2D eigenvalue weighted by Crippen LogP contribution is -2.49. The van der Waals surface area contributed by atoms with Crippen molar-refractivity contribution in [2.75, 3.05) is 25.2 Å². The zero-order chi connectivity index (χ0) is 11.8. The quantitative estimate of drug-likeness (QED) is 0.847. The number of methoxy groups -OCH3 is 1. The van der Waals surface area contributed by atoms with Gasteiger partial charge in [-0.2, -0.15) is 0 Å². The van der Waals surface area contributed by atoms with Crippen molar-refractivity contribution in [2.24, 2.45) is 5.73 Å². The minimum atomic E-state index is 0.282. The van der Waals surface area contributed by atoms with Gasteiger partial charge in [-0.15, -0.1) is 0 Å². The van der Waals surface area contributed by atoms with Crippen LogP contribution in [0.15, 0.2) is 24.3 Å². The van der Waals surface area contributed by atoms with E-state index in [2.05, 4.69) is 11.0 Å². The second kappa shape index (κ2) is 4.20. The topological polar surface area (TPSA) is 47.7 Å². The van der Waals surface area contributed by atoms with Crippen LogP contribution < -0.4 is 15.4 Å². The van der Waals surface area contributed by atoms with Crippen molar-refractivity contribution < 1.29 is 9.47 Å². The molecule has 2 aliphatic heterocycles. The number of morpholine rings is 1. The Balaban J connectivity index is 1.97. The number of nitrogens with two attached hydrogens (primary N) is 1. The summed E-state index contributed by atoms with van der Waals surface area (Å²) in [7, 11) is 1.71. The van der Waals surface area contributed by atoms with Crippen molar-refractivity contribution in [2.45, 2.75) is 24.6 Å². The zero-order valence-electron chi connectivity index (χ0n) is 10.0. The molecule has 2 bridgehead atoms. The highest BCUT2D eigenvalue weighted by molar-refractivity contribution is 5.61. The Morgan fingerprint density at radius 2 is 2.29 bits per heavy atom. The maximum atomic E-state index is 5.88. The van der Waals surface area contributed by atoms with Gasteiger partial charge >= 0.3 is 0 Å². The van der Waals surface area contributed by atoms with Crippen molar-refractivity contribution in [3.63, 3.8) is 0 Å². The Labute approximate surface area is 101 Å². The normalized spacial score (nSPS) is 30.9. The fourth-order valence-corrected chi connectivity index (χ4v) is 3.03. The predicted molar refractivity (Wildman–Crippen MR) is 66.5 cm³/mol. The molecule has 4 nitrogen and oxygen atoms in total. The van der Waals surface area contributed by atoms with Crippen LogP contribution in [0.4, 0.5) is 5.69 Å². The van der Waals surface area contributed by atoms with E-state index in [0.29, 0.717) is 12.6 Å². The lowest BCUT2D eigenvalue weighted by molar-refractivity contribution is 0.0719. The molecule has 17 heavy (non-hydrogen) atoms. The first-order chi connectivity index (χ1) is 8.35. The van der Waals surface area contributed by atoms with Gasteiger partial charge in [-0.3, -0.25) is 0 Å². The number of anilines is 1. The standard InChI is InChI=1S/C13H18N2O2/c1-16-12-5-3-2-4-10(12)15-9-6-13(17-8-9)11(15)7-14/h2-5,9,11,13H,6-8,14H2,1H3. The average Bonchev–Trinajstić information content (AvgIpc) is 2.98. The van der Waals surface area contributed by atoms with Crippen LogP contribution in [0.5, 0.6) is 5.75 Å². The van der Waals surface area contributed by atoms with Gasteiger partial charge in [0.2, 0.25) is 0 Å². The second-order valence-electron chi connectivity index (χ2n) is 4.64. The van der Waals surface area contributed by atoms with Gasteiger partial charge in [-0.1, -0.05) is 12.1 Å². The number of nitrogens with zero attached hydrogens (tertiary/aromatic N) is 1. The summed E-state index contributed by atoms with van der Waals surface area (Å²) < 4.78 is 11.2. The molecule has 3 rings (SSSR count). The van der Waals surface area contributed by atoms with E-state index in [4.69, 9.17) is 15.2 Å². The highest BCUT2D eigenvalue weighted by Gasteiger charge is 2.47. The number of benzene rings is 1. The van der Waals surface area contributed by atoms with E-state index in [1.165, 1.54) is 0 Å². The fourth-order valence-electron chi connectivity index (χ4n) is 3.03. The molecule has 0 aliphatic carbocycles. The first kappa shape index (κ1) is 10.9. The molecule has 2 N–H and O–H groups in total. The van der Waals surface area contributed by atoms with Gasteiger partial charge in [0.05, 0.1) is 37.6 Å². The minimum Gasteiger partial charge on any atom is -0.495 e. The molecule has 1 aromatic rings. The highest BCUT2D eigenvalue weighted by Crippen LogP contribution is 2.40. The molecule has 2 heterocycles. The number of para-hydroxylation sites is 2. The summed E-state index contributed by atoms with van der Waals surface area (Å²) in [5, 5.41) is 0. The molecule has 3 atom stereocenters. The van der Waals surface area contributed by atoms with Crippen LogP contribution in [-0.4, -0.2) is 38.4 Å². The highest BCUT2D eigenvalue weighted by atomic mass is 16.5. The molecule has 4 heteroatoms. The molecule has 2 aliphatic rings. The van der Waals surface area contributed by atoms with Crippen molar-refractivity contribution in [3.05, 3.63) is 24.3 Å². The van der Waals surface area contributed by atoms with E-state index in [9.17, 15) is 0 Å². The third-order valence-electron chi connectivity index (χ3n) is 3.79. The fraction of sp³-hybridized carbons (Fsp3) is 0.538. The Morgan fingerprint density at radius 3 is 3.06 bits per heavy atom. The Morgan fingerprint density at radius 1 is 1.47 bits per heavy atom. The van der Waals surface area contributed by atoms with E-state index in [1.54, 1.807) is 7.11 Å². The lowest BCUT2D eigenvalue weighted by atomic mass is 10.1. The molecule has 92 valence electrons. The summed E-state index contributed by atoms with van der Waals surface area (Å²) in [6.07, 6.45) is 1.37. The molecule has 0 spiro atoms. The molecule has 0 amide bonds. The van der Waals surface area contributed by atoms with Gasteiger partial charge in [0.15, 0.2) is 0 Å². The molecule has 1 aromatic carbocycles. The van der Waals surface area contributed by atoms with E-state index < -0.39 is 0 Å². The summed E-state index contributed by atoms with van der Waals surface area (Å²) in [5.41, 5.74) is 7.02. The van der Waals surface area contributed by atoms with Crippen LogP contribution >= 0.6 is 0 Å². The Kier molecular flexibility index (Phi) is 2.68. The van der Waals surface area contributed by atoms with Crippen molar-refractivity contribution >= 4 is 5.69 Å². The molecule has 2 fully saturated rings. The SMILES string of the molecule is COc1ccccc1N1C2COC(C2)C1CN. The van der Waals surface area contributed by atoms with Crippen LogP contribution in [0.3, 0.4) is 0 Å². The van der Waals surface area contributed by atoms with Crippen LogP contribution in [0.25, 0.3) is 0 Å². The lowest BCUT2D eigenvalue weighted by Gasteiger charge is -2.37. The van der Waals surface area contributed by atoms with Crippen LogP contribution in [0, 0.1) is 0 Å². The predicted octanol–water partition coefficient (Wildman–Crippen LogP) is 1.00. The Hall–Kier alpha value is -1.26. The largest absolute Gasteiger partial charge is 0.495 e. The van der Waals surface area contributed by atoms with Gasteiger partial charge in [-0.05, 0) is 18.6 Å². The van der Waals surface area contributed by atoms with E-state index in [-0.39, 0.29) is 12.1 Å². The number of fused-ring (bicyclic) bond motifs is 2. The smallest absolute Gasteiger partial charge is 0.142 e. The van der Waals surface area contributed by atoms with Crippen LogP contribution in [-0.2, 0) is 4.74 Å². The summed E-state index contributed by atoms with van der Waals surface area (Å²) in [6, 6.07) is 8.86. The van der Waals surface area contributed by atoms with Crippen LogP contribution in [0.2, 0.25) is 0 Å².